The molecule has 1 aliphatic rings. The molecule has 0 saturated carbocycles. The number of carbonyl (C=O) groups excluding carboxylic acids is 1. The van der Waals surface area contributed by atoms with Crippen LogP contribution < -0.4 is 10.2 Å². The molecule has 1 aromatic rings. The monoisotopic (exact) mass is 262 g/mol. The van der Waals surface area contributed by atoms with E-state index in [2.05, 4.69) is 5.32 Å². The van der Waals surface area contributed by atoms with Crippen molar-refractivity contribution in [2.45, 2.75) is 25.7 Å². The second-order valence-electron chi connectivity index (χ2n) is 4.61. The molecule has 0 spiro atoms. The lowest BCUT2D eigenvalue weighted by molar-refractivity contribution is -0.137. The SMILES string of the molecule is O=C(O)CCCCNC(=O)N1CCc2ccccc21. The van der Waals surface area contributed by atoms with Crippen molar-refractivity contribution < 1.29 is 14.7 Å². The maximum atomic E-state index is 12.0. The Balaban J connectivity index is 1.77. The first-order chi connectivity index (χ1) is 9.18. The minimum absolute atomic E-state index is 0.0970. The van der Waals surface area contributed by atoms with Gasteiger partial charge in [-0.05, 0) is 30.9 Å². The van der Waals surface area contributed by atoms with E-state index in [0.29, 0.717) is 25.9 Å². The van der Waals surface area contributed by atoms with Crippen molar-refractivity contribution in [2.24, 2.45) is 0 Å². The zero-order valence-corrected chi connectivity index (χ0v) is 10.8. The van der Waals surface area contributed by atoms with E-state index in [1.165, 1.54) is 5.56 Å². The van der Waals surface area contributed by atoms with Crippen molar-refractivity contribution in [1.82, 2.24) is 5.32 Å². The number of urea groups is 1. The number of hydrogen-bond acceptors (Lipinski definition) is 2. The molecule has 0 aliphatic carbocycles. The van der Waals surface area contributed by atoms with Crippen LogP contribution in [0.25, 0.3) is 0 Å². The third-order valence-electron chi connectivity index (χ3n) is 3.23. The summed E-state index contributed by atoms with van der Waals surface area (Å²) in [5.74, 6) is -0.792. The second kappa shape index (κ2) is 6.22. The van der Waals surface area contributed by atoms with Gasteiger partial charge in [-0.25, -0.2) is 4.79 Å². The molecule has 0 saturated heterocycles. The lowest BCUT2D eigenvalue weighted by Crippen LogP contribution is -2.39. The number of amides is 2. The highest BCUT2D eigenvalue weighted by Gasteiger charge is 2.23. The van der Waals surface area contributed by atoms with Crippen molar-refractivity contribution in [3.63, 3.8) is 0 Å². The van der Waals surface area contributed by atoms with Gasteiger partial charge in [0.1, 0.15) is 0 Å². The molecule has 0 fully saturated rings. The number of carboxylic acid groups (broad SMARTS) is 1. The summed E-state index contributed by atoms with van der Waals surface area (Å²) in [6.45, 7) is 1.23. The van der Waals surface area contributed by atoms with Crippen molar-refractivity contribution in [1.29, 1.82) is 0 Å². The van der Waals surface area contributed by atoms with Crippen LogP contribution in [0, 0.1) is 0 Å². The number of carbonyl (C=O) groups is 2. The molecular weight excluding hydrogens is 244 g/mol. The lowest BCUT2D eigenvalue weighted by Gasteiger charge is -2.17. The van der Waals surface area contributed by atoms with Gasteiger partial charge < -0.3 is 10.4 Å². The highest BCUT2D eigenvalue weighted by molar-refractivity contribution is 5.94. The van der Waals surface area contributed by atoms with Gasteiger partial charge in [0.05, 0.1) is 0 Å². The Morgan fingerprint density at radius 3 is 2.84 bits per heavy atom. The molecule has 19 heavy (non-hydrogen) atoms. The number of nitrogens with one attached hydrogen (secondary N) is 1. The zero-order chi connectivity index (χ0) is 13.7. The number of unbranched alkanes of at least 4 members (excludes halogenated alkanes) is 1. The highest BCUT2D eigenvalue weighted by atomic mass is 16.4. The van der Waals surface area contributed by atoms with Crippen LogP contribution in [0.15, 0.2) is 24.3 Å². The molecule has 1 aliphatic heterocycles. The minimum atomic E-state index is -0.792. The van der Waals surface area contributed by atoms with Crippen molar-refractivity contribution in [3.05, 3.63) is 29.8 Å². The lowest BCUT2D eigenvalue weighted by atomic mass is 10.2. The number of carboxylic acids is 1. The Bertz CT molecular complexity index is 474. The van der Waals surface area contributed by atoms with E-state index in [1.54, 1.807) is 4.90 Å². The Labute approximate surface area is 112 Å². The van der Waals surface area contributed by atoms with Crippen LogP contribution in [0.4, 0.5) is 10.5 Å². The van der Waals surface area contributed by atoms with Crippen LogP contribution in [0.5, 0.6) is 0 Å². The Hall–Kier alpha value is -2.04. The molecule has 2 N–H and O–H groups in total. The summed E-state index contributed by atoms with van der Waals surface area (Å²) in [6, 6.07) is 7.80. The van der Waals surface area contributed by atoms with Gasteiger partial charge in [0.15, 0.2) is 0 Å². The number of benzene rings is 1. The molecule has 1 heterocycles. The first-order valence-corrected chi connectivity index (χ1v) is 6.53. The van der Waals surface area contributed by atoms with Gasteiger partial charge in [-0.1, -0.05) is 18.2 Å². The minimum Gasteiger partial charge on any atom is -0.481 e. The van der Waals surface area contributed by atoms with Gasteiger partial charge in [0, 0.05) is 25.2 Å². The molecule has 1 aromatic carbocycles. The first-order valence-electron chi connectivity index (χ1n) is 6.53. The smallest absolute Gasteiger partial charge is 0.321 e. The summed E-state index contributed by atoms with van der Waals surface area (Å²) < 4.78 is 0. The number of nitrogens with zero attached hydrogens (tertiary/aromatic N) is 1. The largest absolute Gasteiger partial charge is 0.481 e. The predicted octanol–water partition coefficient (Wildman–Crippen LogP) is 2.01. The number of hydrogen-bond donors (Lipinski definition) is 2. The summed E-state index contributed by atoms with van der Waals surface area (Å²) in [5.41, 5.74) is 2.18. The van der Waals surface area contributed by atoms with E-state index in [4.69, 9.17) is 5.11 Å². The van der Waals surface area contributed by atoms with Crippen LogP contribution in [-0.2, 0) is 11.2 Å². The van der Waals surface area contributed by atoms with Crippen molar-refractivity contribution >= 4 is 17.7 Å². The van der Waals surface area contributed by atoms with E-state index in [-0.39, 0.29) is 12.5 Å². The van der Waals surface area contributed by atoms with E-state index < -0.39 is 5.97 Å². The van der Waals surface area contributed by atoms with E-state index in [0.717, 1.165) is 12.1 Å². The normalized spacial score (nSPS) is 13.2. The number of anilines is 1. The fraction of sp³-hybridized carbons (Fsp3) is 0.429. The van der Waals surface area contributed by atoms with Gasteiger partial charge >= 0.3 is 12.0 Å². The third-order valence-corrected chi connectivity index (χ3v) is 3.23. The molecule has 102 valence electrons. The number of fused-ring (bicyclic) bond motifs is 1. The van der Waals surface area contributed by atoms with Crippen molar-refractivity contribution in [3.8, 4) is 0 Å². The standard InChI is InChI=1S/C14H18N2O3/c17-13(18)7-3-4-9-15-14(19)16-10-8-11-5-1-2-6-12(11)16/h1-2,5-6H,3-4,7-10H2,(H,15,19)(H,17,18). The predicted molar refractivity (Wildman–Crippen MR) is 72.4 cm³/mol. The maximum Gasteiger partial charge on any atom is 0.321 e. The zero-order valence-electron chi connectivity index (χ0n) is 10.8. The van der Waals surface area contributed by atoms with Gasteiger partial charge in [-0.3, -0.25) is 9.69 Å². The van der Waals surface area contributed by atoms with Crippen molar-refractivity contribution in [2.75, 3.05) is 18.0 Å². The Morgan fingerprint density at radius 1 is 1.26 bits per heavy atom. The van der Waals surface area contributed by atoms with Gasteiger partial charge in [0.25, 0.3) is 0 Å². The molecule has 2 amide bonds. The molecule has 0 radical (unpaired) electrons. The van der Waals surface area contributed by atoms with E-state index in [9.17, 15) is 9.59 Å². The molecule has 5 nitrogen and oxygen atoms in total. The van der Waals surface area contributed by atoms with Crippen LogP contribution in [-0.4, -0.2) is 30.2 Å². The van der Waals surface area contributed by atoms with Gasteiger partial charge in [0.2, 0.25) is 0 Å². The van der Waals surface area contributed by atoms with Crippen LogP contribution >= 0.6 is 0 Å². The fourth-order valence-corrected chi connectivity index (χ4v) is 2.24. The number of rotatable bonds is 5. The summed E-state index contributed by atoms with van der Waals surface area (Å²) in [6.07, 6.45) is 2.32. The Kier molecular flexibility index (Phi) is 4.39. The number of aliphatic carboxylic acids is 1. The first kappa shape index (κ1) is 13.4. The number of para-hydroxylation sites is 1. The maximum absolute atomic E-state index is 12.0. The summed E-state index contributed by atoms with van der Waals surface area (Å²) in [5, 5.41) is 11.3. The molecule has 2 rings (SSSR count). The van der Waals surface area contributed by atoms with Gasteiger partial charge in [-0.15, -0.1) is 0 Å². The van der Waals surface area contributed by atoms with Gasteiger partial charge in [-0.2, -0.15) is 0 Å². The molecule has 0 unspecified atom stereocenters. The second-order valence-corrected chi connectivity index (χ2v) is 4.61. The molecule has 0 aromatic heterocycles. The average Bonchev–Trinajstić information content (AvgIpc) is 2.81. The van der Waals surface area contributed by atoms with E-state index in [1.807, 2.05) is 24.3 Å². The third kappa shape index (κ3) is 3.47. The molecule has 0 bridgehead atoms. The fourth-order valence-electron chi connectivity index (χ4n) is 2.24. The topological polar surface area (TPSA) is 69.6 Å². The summed E-state index contributed by atoms with van der Waals surface area (Å²) in [7, 11) is 0. The van der Waals surface area contributed by atoms with Crippen LogP contribution in [0.3, 0.4) is 0 Å². The highest BCUT2D eigenvalue weighted by Crippen LogP contribution is 2.27. The van der Waals surface area contributed by atoms with E-state index >= 15 is 0 Å². The van der Waals surface area contributed by atoms with Crippen LogP contribution in [0.1, 0.15) is 24.8 Å². The summed E-state index contributed by atoms with van der Waals surface area (Å²) in [4.78, 5) is 24.1. The summed E-state index contributed by atoms with van der Waals surface area (Å²) >= 11 is 0. The average molecular weight is 262 g/mol. The quantitative estimate of drug-likeness (QED) is 0.797. The molecular formula is C14H18N2O3. The molecule has 5 heteroatoms. The molecule has 0 atom stereocenters. The Morgan fingerprint density at radius 2 is 2.05 bits per heavy atom. The van der Waals surface area contributed by atoms with Crippen LogP contribution in [0.2, 0.25) is 0 Å².